The van der Waals surface area contributed by atoms with Crippen molar-refractivity contribution in [1.82, 2.24) is 15.8 Å². The third kappa shape index (κ3) is 1.26. The van der Waals surface area contributed by atoms with Crippen LogP contribution in [0.25, 0.3) is 0 Å². The maximum atomic E-state index is 3.54. The second-order valence-electron chi connectivity index (χ2n) is 4.40. The molecule has 3 heteroatoms. The molecule has 0 spiro atoms. The Kier molecular flexibility index (Phi) is 2.10. The van der Waals surface area contributed by atoms with E-state index in [2.05, 4.69) is 36.8 Å². The van der Waals surface area contributed by atoms with Crippen LogP contribution in [0.15, 0.2) is 0 Å². The maximum absolute atomic E-state index is 3.54. The van der Waals surface area contributed by atoms with Crippen LogP contribution in [-0.2, 0) is 0 Å². The lowest BCUT2D eigenvalue weighted by atomic mass is 9.70. The van der Waals surface area contributed by atoms with Crippen LogP contribution in [0.5, 0.6) is 0 Å². The van der Waals surface area contributed by atoms with Crippen LogP contribution in [0, 0.1) is 11.8 Å². The van der Waals surface area contributed by atoms with Crippen molar-refractivity contribution in [2.45, 2.75) is 25.4 Å². The third-order valence-electron chi connectivity index (χ3n) is 3.25. The Morgan fingerprint density at radius 3 is 2.67 bits per heavy atom. The molecule has 0 aromatic rings. The summed E-state index contributed by atoms with van der Waals surface area (Å²) < 4.78 is 0. The Labute approximate surface area is 74.5 Å². The fourth-order valence-electron chi connectivity index (χ4n) is 2.76. The fourth-order valence-corrected chi connectivity index (χ4v) is 2.76. The molecule has 3 fully saturated rings. The van der Waals surface area contributed by atoms with Crippen LogP contribution < -0.4 is 10.7 Å². The van der Waals surface area contributed by atoms with Crippen LogP contribution in [-0.4, -0.2) is 37.7 Å². The van der Waals surface area contributed by atoms with Gasteiger partial charge in [0.05, 0.1) is 0 Å². The lowest BCUT2D eigenvalue weighted by Crippen LogP contribution is -2.52. The first kappa shape index (κ1) is 8.48. The van der Waals surface area contributed by atoms with Gasteiger partial charge in [-0.2, -0.15) is 0 Å². The van der Waals surface area contributed by atoms with Crippen molar-refractivity contribution in [2.24, 2.45) is 11.8 Å². The minimum Gasteiger partial charge on any atom is -0.313 e. The lowest BCUT2D eigenvalue weighted by Gasteiger charge is -2.40. The van der Waals surface area contributed by atoms with E-state index in [0.717, 1.165) is 17.9 Å². The molecular formula is C9H19N3. The first-order valence-electron chi connectivity index (χ1n) is 4.85. The summed E-state index contributed by atoms with van der Waals surface area (Å²) in [6.45, 7) is 3.53. The van der Waals surface area contributed by atoms with Gasteiger partial charge in [-0.05, 0) is 31.7 Å². The fraction of sp³-hybridized carbons (Fsp3) is 1.00. The molecular weight excluding hydrogens is 150 g/mol. The van der Waals surface area contributed by atoms with E-state index in [1.54, 1.807) is 0 Å². The summed E-state index contributed by atoms with van der Waals surface area (Å²) in [4.78, 5) is 0. The zero-order chi connectivity index (χ0) is 8.72. The van der Waals surface area contributed by atoms with Crippen LogP contribution in [0.4, 0.5) is 0 Å². The highest BCUT2D eigenvalue weighted by atomic mass is 15.5. The normalized spacial score (nSPS) is 41.5. The molecule has 3 nitrogen and oxygen atoms in total. The zero-order valence-electron chi connectivity index (χ0n) is 8.17. The van der Waals surface area contributed by atoms with Gasteiger partial charge in [0.2, 0.25) is 0 Å². The van der Waals surface area contributed by atoms with Crippen LogP contribution in [0.2, 0.25) is 0 Å². The Balaban J connectivity index is 1.85. The molecule has 4 unspecified atom stereocenters. The molecule has 0 amide bonds. The van der Waals surface area contributed by atoms with Gasteiger partial charge >= 0.3 is 0 Å². The quantitative estimate of drug-likeness (QED) is 0.585. The van der Waals surface area contributed by atoms with E-state index >= 15 is 0 Å². The van der Waals surface area contributed by atoms with Gasteiger partial charge in [-0.3, -0.25) is 10.4 Å². The Morgan fingerprint density at radius 1 is 1.50 bits per heavy atom. The number of nitrogens with one attached hydrogen (secondary N) is 2. The number of hydrogen-bond acceptors (Lipinski definition) is 3. The van der Waals surface area contributed by atoms with Gasteiger partial charge in [0.25, 0.3) is 0 Å². The van der Waals surface area contributed by atoms with E-state index in [-0.39, 0.29) is 0 Å². The average Bonchev–Trinajstić information content (AvgIpc) is 2.39. The van der Waals surface area contributed by atoms with Gasteiger partial charge in [0.1, 0.15) is 0 Å². The summed E-state index contributed by atoms with van der Waals surface area (Å²) >= 11 is 0. The van der Waals surface area contributed by atoms with E-state index in [0.29, 0.717) is 6.04 Å². The van der Waals surface area contributed by atoms with E-state index in [1.165, 1.54) is 13.0 Å². The molecule has 1 saturated carbocycles. The lowest BCUT2D eigenvalue weighted by molar-refractivity contribution is 0.113. The molecule has 70 valence electrons. The number of hydrogen-bond donors (Lipinski definition) is 2. The summed E-state index contributed by atoms with van der Waals surface area (Å²) in [5.74, 6) is 1.81. The molecule has 0 aromatic carbocycles. The summed E-state index contributed by atoms with van der Waals surface area (Å²) in [6.07, 6.45) is 1.41. The molecule has 3 rings (SSSR count). The van der Waals surface area contributed by atoms with Crippen molar-refractivity contribution in [2.75, 3.05) is 20.6 Å². The maximum Gasteiger partial charge on any atom is 0.0233 e. The van der Waals surface area contributed by atoms with Gasteiger partial charge in [0, 0.05) is 26.2 Å². The molecule has 0 radical (unpaired) electrons. The Hall–Kier alpha value is -0.120. The van der Waals surface area contributed by atoms with Crippen molar-refractivity contribution >= 4 is 0 Å². The van der Waals surface area contributed by atoms with E-state index in [9.17, 15) is 0 Å². The third-order valence-corrected chi connectivity index (χ3v) is 3.25. The van der Waals surface area contributed by atoms with Gasteiger partial charge < -0.3 is 5.32 Å². The largest absolute Gasteiger partial charge is 0.313 e. The van der Waals surface area contributed by atoms with Crippen molar-refractivity contribution in [3.05, 3.63) is 0 Å². The smallest absolute Gasteiger partial charge is 0.0233 e. The number of rotatable bonds is 3. The second kappa shape index (κ2) is 2.98. The van der Waals surface area contributed by atoms with Crippen LogP contribution in [0.3, 0.4) is 0 Å². The van der Waals surface area contributed by atoms with E-state index < -0.39 is 0 Å². The molecule has 2 N–H and O–H groups in total. The van der Waals surface area contributed by atoms with Crippen LogP contribution in [0.1, 0.15) is 13.3 Å². The minimum absolute atomic E-state index is 0.624. The number of hydrazine groups is 1. The minimum atomic E-state index is 0.624. The Bertz CT molecular complexity index is 155. The molecule has 4 atom stereocenters. The monoisotopic (exact) mass is 169 g/mol. The molecule has 2 aliphatic heterocycles. The van der Waals surface area contributed by atoms with Crippen LogP contribution >= 0.6 is 0 Å². The van der Waals surface area contributed by atoms with Gasteiger partial charge in [-0.25, -0.2) is 0 Å². The topological polar surface area (TPSA) is 27.3 Å². The average molecular weight is 169 g/mol. The molecule has 1 aliphatic carbocycles. The molecule has 2 heterocycles. The van der Waals surface area contributed by atoms with Crippen molar-refractivity contribution in [1.29, 1.82) is 0 Å². The van der Waals surface area contributed by atoms with Crippen molar-refractivity contribution in [3.8, 4) is 0 Å². The van der Waals surface area contributed by atoms with Crippen molar-refractivity contribution < 1.29 is 0 Å². The molecule has 2 bridgehead atoms. The summed E-state index contributed by atoms with van der Waals surface area (Å²) in [5.41, 5.74) is 3.44. The first-order valence-corrected chi connectivity index (χ1v) is 4.85. The summed E-state index contributed by atoms with van der Waals surface area (Å²) in [5, 5.41) is 5.60. The summed E-state index contributed by atoms with van der Waals surface area (Å²) in [6, 6.07) is 1.43. The molecule has 12 heavy (non-hydrogen) atoms. The highest BCUT2D eigenvalue weighted by Crippen LogP contribution is 2.41. The second-order valence-corrected chi connectivity index (χ2v) is 4.40. The standard InChI is InChI=1S/C9H19N3/c1-6(11-12(2)3)9-7-4-8(9)10-5-7/h6-11H,4-5H2,1-3H3. The highest BCUT2D eigenvalue weighted by Gasteiger charge is 2.48. The Morgan fingerprint density at radius 2 is 2.25 bits per heavy atom. The number of fused-ring (bicyclic) bond motifs is 1. The van der Waals surface area contributed by atoms with Crippen molar-refractivity contribution in [3.63, 3.8) is 0 Å². The predicted molar refractivity (Wildman–Crippen MR) is 49.7 cm³/mol. The summed E-state index contributed by atoms with van der Waals surface area (Å²) in [7, 11) is 4.12. The first-order chi connectivity index (χ1) is 5.68. The molecule has 0 aromatic heterocycles. The molecule has 3 aliphatic rings. The van der Waals surface area contributed by atoms with E-state index in [4.69, 9.17) is 0 Å². The SMILES string of the molecule is CC(NN(C)C)C1C2CNC1C2. The predicted octanol–water partition coefficient (Wildman–Crippen LogP) is 0.0490. The van der Waals surface area contributed by atoms with E-state index in [1.807, 2.05) is 0 Å². The molecule has 2 saturated heterocycles. The van der Waals surface area contributed by atoms with Gasteiger partial charge in [0.15, 0.2) is 0 Å². The van der Waals surface area contributed by atoms with Gasteiger partial charge in [-0.1, -0.05) is 0 Å². The zero-order valence-corrected chi connectivity index (χ0v) is 8.17. The van der Waals surface area contributed by atoms with Gasteiger partial charge in [-0.15, -0.1) is 0 Å². The highest BCUT2D eigenvalue weighted by molar-refractivity contribution is 5.05. The number of nitrogens with zero attached hydrogens (tertiary/aromatic N) is 1.